The van der Waals surface area contributed by atoms with E-state index in [0.717, 1.165) is 37.2 Å². The van der Waals surface area contributed by atoms with E-state index in [9.17, 15) is 4.79 Å². The molecule has 150 valence electrons. The number of amides is 1. The Morgan fingerprint density at radius 3 is 2.85 bits per heavy atom. The van der Waals surface area contributed by atoms with Crippen molar-refractivity contribution in [1.29, 1.82) is 0 Å². The van der Waals surface area contributed by atoms with Crippen LogP contribution in [0.2, 0.25) is 0 Å². The molecular formula is C20H32N4O3. The molecule has 1 amide bonds. The van der Waals surface area contributed by atoms with Gasteiger partial charge in [-0.1, -0.05) is 17.7 Å². The summed E-state index contributed by atoms with van der Waals surface area (Å²) < 4.78 is 11.1. The molecule has 0 aliphatic carbocycles. The summed E-state index contributed by atoms with van der Waals surface area (Å²) in [6.07, 6.45) is 3.15. The number of rotatable bonds is 8. The van der Waals surface area contributed by atoms with Crippen LogP contribution in [0, 0.1) is 6.92 Å². The summed E-state index contributed by atoms with van der Waals surface area (Å²) in [4.78, 5) is 17.8. The third kappa shape index (κ3) is 7.09. The molecule has 0 aromatic heterocycles. The highest BCUT2D eigenvalue weighted by atomic mass is 16.5. The van der Waals surface area contributed by atoms with Crippen molar-refractivity contribution in [1.82, 2.24) is 15.5 Å². The van der Waals surface area contributed by atoms with E-state index in [1.807, 2.05) is 12.1 Å². The number of aryl methyl sites for hydroxylation is 1. The molecule has 7 heteroatoms. The number of hydrogen-bond acceptors (Lipinski definition) is 4. The summed E-state index contributed by atoms with van der Waals surface area (Å²) in [5.41, 5.74) is 2.35. The lowest BCUT2D eigenvalue weighted by Crippen LogP contribution is -2.42. The van der Waals surface area contributed by atoms with Gasteiger partial charge in [-0.15, -0.1) is 0 Å². The average molecular weight is 377 g/mol. The molecule has 1 unspecified atom stereocenters. The van der Waals surface area contributed by atoms with Crippen molar-refractivity contribution in [3.63, 3.8) is 0 Å². The number of nitrogens with zero attached hydrogens (tertiary/aromatic N) is 2. The Morgan fingerprint density at radius 2 is 2.19 bits per heavy atom. The highest BCUT2D eigenvalue weighted by Crippen LogP contribution is 2.19. The lowest BCUT2D eigenvalue weighted by Gasteiger charge is -2.17. The number of hydrogen-bond donors (Lipinski definition) is 2. The lowest BCUT2D eigenvalue weighted by molar-refractivity contribution is -0.127. The zero-order valence-corrected chi connectivity index (χ0v) is 16.9. The van der Waals surface area contributed by atoms with Crippen LogP contribution in [0.25, 0.3) is 0 Å². The molecule has 0 saturated carbocycles. The first-order valence-electron chi connectivity index (χ1n) is 9.47. The Kier molecular flexibility index (Phi) is 8.39. The minimum absolute atomic E-state index is 0.0337. The number of methoxy groups -OCH3 is 1. The second-order valence-electron chi connectivity index (χ2n) is 6.96. The fraction of sp³-hybridized carbons (Fsp3) is 0.600. The van der Waals surface area contributed by atoms with Crippen molar-refractivity contribution < 1.29 is 14.3 Å². The van der Waals surface area contributed by atoms with E-state index in [4.69, 9.17) is 9.47 Å². The molecule has 0 bridgehead atoms. The Labute approximate surface area is 162 Å². The molecule has 1 aromatic carbocycles. The van der Waals surface area contributed by atoms with E-state index in [0.29, 0.717) is 19.0 Å². The highest BCUT2D eigenvalue weighted by Gasteiger charge is 2.16. The second kappa shape index (κ2) is 10.8. The minimum atomic E-state index is -0.0337. The first-order chi connectivity index (χ1) is 13.0. The predicted molar refractivity (Wildman–Crippen MR) is 107 cm³/mol. The van der Waals surface area contributed by atoms with Crippen molar-refractivity contribution in [2.24, 2.45) is 4.99 Å². The number of ether oxygens (including phenoxy) is 2. The molecule has 27 heavy (non-hydrogen) atoms. The number of benzene rings is 1. The SMILES string of the molecule is COc1ccc(C)cc1CCNC(=NCC(=O)N(C)C)NCC1CCCO1. The van der Waals surface area contributed by atoms with Crippen LogP contribution >= 0.6 is 0 Å². The van der Waals surface area contributed by atoms with Gasteiger partial charge in [0, 0.05) is 33.8 Å². The standard InChI is InChI=1S/C20H32N4O3/c1-15-7-8-18(26-4)16(12-15)9-10-21-20(23-14-19(25)24(2)3)22-13-17-6-5-11-27-17/h7-8,12,17H,5-6,9-11,13-14H2,1-4H3,(H2,21,22,23). The normalized spacial score (nSPS) is 16.9. The summed E-state index contributed by atoms with van der Waals surface area (Å²) in [6.45, 7) is 4.38. The van der Waals surface area contributed by atoms with E-state index in [-0.39, 0.29) is 18.6 Å². The molecule has 1 aliphatic heterocycles. The number of carbonyl (C=O) groups excluding carboxylic acids is 1. The Morgan fingerprint density at radius 1 is 1.37 bits per heavy atom. The molecule has 0 spiro atoms. The molecule has 7 nitrogen and oxygen atoms in total. The maximum Gasteiger partial charge on any atom is 0.243 e. The molecule has 2 rings (SSSR count). The lowest BCUT2D eigenvalue weighted by atomic mass is 10.1. The van der Waals surface area contributed by atoms with E-state index in [1.165, 1.54) is 5.56 Å². The van der Waals surface area contributed by atoms with E-state index < -0.39 is 0 Å². The van der Waals surface area contributed by atoms with Gasteiger partial charge in [-0.25, -0.2) is 4.99 Å². The van der Waals surface area contributed by atoms with Gasteiger partial charge in [0.1, 0.15) is 12.3 Å². The summed E-state index contributed by atoms with van der Waals surface area (Å²) >= 11 is 0. The van der Waals surface area contributed by atoms with Crippen molar-refractivity contribution in [2.75, 3.05) is 47.4 Å². The number of guanidine groups is 1. The van der Waals surface area contributed by atoms with Gasteiger partial charge in [-0.05, 0) is 37.8 Å². The second-order valence-corrected chi connectivity index (χ2v) is 6.96. The van der Waals surface area contributed by atoms with Crippen LogP contribution in [0.4, 0.5) is 0 Å². The van der Waals surface area contributed by atoms with Crippen LogP contribution in [-0.2, 0) is 16.0 Å². The molecule has 1 heterocycles. The number of aliphatic imine (C=N–C) groups is 1. The number of carbonyl (C=O) groups is 1. The Hall–Kier alpha value is -2.28. The molecular weight excluding hydrogens is 344 g/mol. The van der Waals surface area contributed by atoms with Crippen LogP contribution in [0.15, 0.2) is 23.2 Å². The summed E-state index contributed by atoms with van der Waals surface area (Å²) in [6, 6.07) is 6.16. The van der Waals surface area contributed by atoms with Crippen molar-refractivity contribution in [2.45, 2.75) is 32.3 Å². The zero-order valence-electron chi connectivity index (χ0n) is 16.9. The van der Waals surface area contributed by atoms with Crippen LogP contribution in [0.1, 0.15) is 24.0 Å². The first kappa shape index (κ1) is 21.0. The van der Waals surface area contributed by atoms with Crippen molar-refractivity contribution in [3.05, 3.63) is 29.3 Å². The van der Waals surface area contributed by atoms with Gasteiger partial charge in [0.2, 0.25) is 5.91 Å². The van der Waals surface area contributed by atoms with Crippen LogP contribution in [0.5, 0.6) is 5.75 Å². The Bertz CT molecular complexity index is 640. The summed E-state index contributed by atoms with van der Waals surface area (Å²) in [5.74, 6) is 1.48. The fourth-order valence-corrected chi connectivity index (χ4v) is 2.90. The summed E-state index contributed by atoms with van der Waals surface area (Å²) in [5, 5.41) is 6.61. The van der Waals surface area contributed by atoms with Gasteiger partial charge in [0.15, 0.2) is 5.96 Å². The molecule has 0 radical (unpaired) electrons. The highest BCUT2D eigenvalue weighted by molar-refractivity contribution is 5.84. The average Bonchev–Trinajstić information content (AvgIpc) is 3.16. The van der Waals surface area contributed by atoms with Gasteiger partial charge >= 0.3 is 0 Å². The number of nitrogens with one attached hydrogen (secondary N) is 2. The smallest absolute Gasteiger partial charge is 0.243 e. The van der Waals surface area contributed by atoms with Gasteiger partial charge in [-0.3, -0.25) is 4.79 Å². The quantitative estimate of drug-likeness (QED) is 0.529. The Balaban J connectivity index is 1.92. The topological polar surface area (TPSA) is 75.2 Å². The van der Waals surface area contributed by atoms with Crippen molar-refractivity contribution in [3.8, 4) is 5.75 Å². The molecule has 1 saturated heterocycles. The van der Waals surface area contributed by atoms with Gasteiger partial charge in [0.25, 0.3) is 0 Å². The number of likely N-dealkylation sites (N-methyl/N-ethyl adjacent to an activating group) is 1. The third-order valence-corrected chi connectivity index (χ3v) is 4.52. The predicted octanol–water partition coefficient (Wildman–Crippen LogP) is 1.35. The first-order valence-corrected chi connectivity index (χ1v) is 9.47. The minimum Gasteiger partial charge on any atom is -0.496 e. The van der Waals surface area contributed by atoms with Crippen LogP contribution < -0.4 is 15.4 Å². The van der Waals surface area contributed by atoms with Gasteiger partial charge in [0.05, 0.1) is 13.2 Å². The van der Waals surface area contributed by atoms with Crippen LogP contribution in [0.3, 0.4) is 0 Å². The maximum atomic E-state index is 11.8. The van der Waals surface area contributed by atoms with Crippen LogP contribution in [-0.4, -0.2) is 70.3 Å². The largest absolute Gasteiger partial charge is 0.496 e. The van der Waals surface area contributed by atoms with Gasteiger partial charge in [-0.2, -0.15) is 0 Å². The van der Waals surface area contributed by atoms with E-state index in [1.54, 1.807) is 26.1 Å². The molecule has 1 aliphatic rings. The fourth-order valence-electron chi connectivity index (χ4n) is 2.90. The zero-order chi connectivity index (χ0) is 19.6. The molecule has 1 aromatic rings. The monoisotopic (exact) mass is 376 g/mol. The summed E-state index contributed by atoms with van der Waals surface area (Å²) in [7, 11) is 5.15. The van der Waals surface area contributed by atoms with E-state index in [2.05, 4.69) is 28.6 Å². The van der Waals surface area contributed by atoms with E-state index >= 15 is 0 Å². The van der Waals surface area contributed by atoms with Crippen molar-refractivity contribution >= 4 is 11.9 Å². The molecule has 2 N–H and O–H groups in total. The van der Waals surface area contributed by atoms with Gasteiger partial charge < -0.3 is 25.0 Å². The molecule has 1 fully saturated rings. The maximum absolute atomic E-state index is 11.8. The third-order valence-electron chi connectivity index (χ3n) is 4.52. The molecule has 1 atom stereocenters.